The summed E-state index contributed by atoms with van der Waals surface area (Å²) in [6.45, 7) is 2.76. The van der Waals surface area contributed by atoms with Crippen molar-refractivity contribution in [2.45, 2.75) is 57.0 Å². The lowest BCUT2D eigenvalue weighted by atomic mass is 9.94. The van der Waals surface area contributed by atoms with Crippen molar-refractivity contribution in [3.05, 3.63) is 46.6 Å². The Morgan fingerprint density at radius 3 is 2.62 bits per heavy atom. The minimum Gasteiger partial charge on any atom is -0.505 e. The number of aliphatic hydroxyl groups is 1. The maximum Gasteiger partial charge on any atom is 0.0784 e. The highest BCUT2D eigenvalue weighted by molar-refractivity contribution is 9.10. The van der Waals surface area contributed by atoms with Crippen LogP contribution >= 0.6 is 15.9 Å². The van der Waals surface area contributed by atoms with Gasteiger partial charge in [0, 0.05) is 22.9 Å². The Morgan fingerprint density at radius 2 is 1.92 bits per heavy atom. The number of nitrogens with zero attached hydrogens (tertiary/aromatic N) is 1. The van der Waals surface area contributed by atoms with E-state index in [9.17, 15) is 5.11 Å². The monoisotopic (exact) mass is 423 g/mol. The third-order valence-corrected chi connectivity index (χ3v) is 6.14. The van der Waals surface area contributed by atoms with Crippen LogP contribution in [0.15, 0.2) is 41.1 Å². The van der Waals surface area contributed by atoms with E-state index in [0.717, 1.165) is 29.5 Å². The van der Waals surface area contributed by atoms with E-state index in [4.69, 9.17) is 9.47 Å². The number of rotatable bonds is 7. The average Bonchev–Trinajstić information content (AvgIpc) is 2.97. The second kappa shape index (κ2) is 9.88. The van der Waals surface area contributed by atoms with Gasteiger partial charge in [0.15, 0.2) is 0 Å². The van der Waals surface area contributed by atoms with Crippen molar-refractivity contribution < 1.29 is 14.6 Å². The summed E-state index contributed by atoms with van der Waals surface area (Å²) in [5, 5.41) is 10.8. The molecule has 0 aromatic heterocycles. The highest BCUT2D eigenvalue weighted by Gasteiger charge is 2.45. The molecular weight excluding hydrogens is 394 g/mol. The number of aliphatic hydroxyl groups excluding tert-OH is 1. The van der Waals surface area contributed by atoms with Crippen molar-refractivity contribution in [3.63, 3.8) is 0 Å². The van der Waals surface area contributed by atoms with Crippen LogP contribution in [-0.2, 0) is 16.1 Å². The molecule has 1 heterocycles. The van der Waals surface area contributed by atoms with E-state index in [1.54, 1.807) is 13.4 Å². The molecule has 0 amide bonds. The van der Waals surface area contributed by atoms with Gasteiger partial charge in [0.2, 0.25) is 0 Å². The van der Waals surface area contributed by atoms with Crippen LogP contribution in [0.1, 0.15) is 37.7 Å². The van der Waals surface area contributed by atoms with Crippen LogP contribution in [0, 0.1) is 5.92 Å². The number of likely N-dealkylation sites (tertiary alicyclic amines) is 1. The van der Waals surface area contributed by atoms with Gasteiger partial charge in [-0.25, -0.2) is 0 Å². The maximum absolute atomic E-state index is 10.8. The van der Waals surface area contributed by atoms with Crippen LogP contribution in [-0.4, -0.2) is 48.5 Å². The molecule has 1 aliphatic carbocycles. The molecule has 1 aliphatic heterocycles. The molecule has 144 valence electrons. The predicted octanol–water partition coefficient (Wildman–Crippen LogP) is 4.12. The van der Waals surface area contributed by atoms with Crippen LogP contribution in [0.25, 0.3) is 0 Å². The van der Waals surface area contributed by atoms with E-state index in [2.05, 4.69) is 39.0 Å². The molecule has 1 saturated heterocycles. The van der Waals surface area contributed by atoms with Crippen molar-refractivity contribution in [2.24, 2.45) is 5.92 Å². The average molecular weight is 424 g/mol. The molecule has 1 aromatic carbocycles. The van der Waals surface area contributed by atoms with Gasteiger partial charge in [0.1, 0.15) is 0 Å². The smallest absolute Gasteiger partial charge is 0.0784 e. The first kappa shape index (κ1) is 19.9. The molecule has 1 N–H and O–H groups in total. The van der Waals surface area contributed by atoms with Gasteiger partial charge in [-0.3, -0.25) is 4.90 Å². The molecule has 1 aromatic rings. The van der Waals surface area contributed by atoms with Crippen LogP contribution in [0.3, 0.4) is 0 Å². The van der Waals surface area contributed by atoms with Gasteiger partial charge in [-0.15, -0.1) is 0 Å². The van der Waals surface area contributed by atoms with Crippen molar-refractivity contribution in [1.82, 2.24) is 4.90 Å². The lowest BCUT2D eigenvalue weighted by Gasteiger charge is -2.37. The largest absolute Gasteiger partial charge is 0.505 e. The molecule has 0 unspecified atom stereocenters. The predicted molar refractivity (Wildman–Crippen MR) is 107 cm³/mol. The number of piperidine rings is 1. The Labute approximate surface area is 165 Å². The Hall–Kier alpha value is -0.880. The Kier molecular flexibility index (Phi) is 7.55. The molecule has 2 aliphatic rings. The van der Waals surface area contributed by atoms with E-state index in [-0.39, 0.29) is 18.2 Å². The first-order chi connectivity index (χ1) is 12.7. The van der Waals surface area contributed by atoms with Crippen LogP contribution < -0.4 is 0 Å². The summed E-state index contributed by atoms with van der Waals surface area (Å²) < 4.78 is 12.4. The van der Waals surface area contributed by atoms with Gasteiger partial charge in [0.05, 0.1) is 32.2 Å². The number of ether oxygens (including phenoxy) is 2. The number of halogens is 1. The van der Waals surface area contributed by atoms with Gasteiger partial charge in [-0.2, -0.15) is 0 Å². The molecule has 0 spiro atoms. The molecule has 4 atom stereocenters. The molecule has 4 nitrogen and oxygen atoms in total. The van der Waals surface area contributed by atoms with E-state index >= 15 is 0 Å². The maximum atomic E-state index is 10.8. The number of methoxy groups -OCH3 is 1. The molecule has 26 heavy (non-hydrogen) atoms. The van der Waals surface area contributed by atoms with Gasteiger partial charge >= 0.3 is 0 Å². The Balaban J connectivity index is 1.67. The van der Waals surface area contributed by atoms with Crippen LogP contribution in [0.2, 0.25) is 0 Å². The summed E-state index contributed by atoms with van der Waals surface area (Å²) in [4.78, 5) is 2.49. The summed E-state index contributed by atoms with van der Waals surface area (Å²) in [7, 11) is 1.67. The highest BCUT2D eigenvalue weighted by atomic mass is 79.9. The lowest BCUT2D eigenvalue weighted by molar-refractivity contribution is -0.00134. The van der Waals surface area contributed by atoms with E-state index in [1.165, 1.54) is 19.3 Å². The molecule has 3 rings (SSSR count). The fraction of sp³-hybridized carbons (Fsp3) is 0.619. The van der Waals surface area contributed by atoms with E-state index in [0.29, 0.717) is 18.9 Å². The molecule has 5 heteroatoms. The first-order valence-electron chi connectivity index (χ1n) is 9.65. The zero-order valence-electron chi connectivity index (χ0n) is 15.5. The van der Waals surface area contributed by atoms with Crippen molar-refractivity contribution >= 4 is 15.9 Å². The van der Waals surface area contributed by atoms with Crippen molar-refractivity contribution in [2.75, 3.05) is 20.2 Å². The molecule has 1 saturated carbocycles. The zero-order valence-corrected chi connectivity index (χ0v) is 17.1. The highest BCUT2D eigenvalue weighted by Crippen LogP contribution is 2.37. The quantitative estimate of drug-likeness (QED) is 0.669. The summed E-state index contributed by atoms with van der Waals surface area (Å²) >= 11 is 3.47. The summed E-state index contributed by atoms with van der Waals surface area (Å²) in [5.74, 6) is 0.296. The fourth-order valence-electron chi connectivity index (χ4n) is 4.36. The number of allylic oxidation sites excluding steroid dienone is 1. The zero-order chi connectivity index (χ0) is 18.4. The molecule has 2 fully saturated rings. The third-order valence-electron chi connectivity index (χ3n) is 5.61. The summed E-state index contributed by atoms with van der Waals surface area (Å²) in [5.41, 5.74) is 1.16. The van der Waals surface area contributed by atoms with E-state index in [1.807, 2.05) is 12.1 Å². The van der Waals surface area contributed by atoms with Gasteiger partial charge < -0.3 is 14.6 Å². The van der Waals surface area contributed by atoms with E-state index < -0.39 is 0 Å². The van der Waals surface area contributed by atoms with Crippen molar-refractivity contribution in [3.8, 4) is 0 Å². The second-order valence-corrected chi connectivity index (χ2v) is 8.29. The topological polar surface area (TPSA) is 41.9 Å². The number of hydrogen-bond acceptors (Lipinski definition) is 4. The minimum absolute atomic E-state index is 0.0714. The summed E-state index contributed by atoms with van der Waals surface area (Å²) in [6, 6.07) is 8.43. The molecular formula is C21H30BrNO3. The number of hydrogen-bond donors (Lipinski definition) is 1. The fourth-order valence-corrected chi connectivity index (χ4v) is 4.63. The van der Waals surface area contributed by atoms with Crippen LogP contribution in [0.4, 0.5) is 0 Å². The second-order valence-electron chi connectivity index (χ2n) is 7.37. The lowest BCUT2D eigenvalue weighted by Crippen LogP contribution is -2.47. The van der Waals surface area contributed by atoms with Gasteiger partial charge in [-0.05, 0) is 56.1 Å². The Bertz CT molecular complexity index is 571. The van der Waals surface area contributed by atoms with Gasteiger partial charge in [0.25, 0.3) is 0 Å². The third kappa shape index (κ3) is 5.10. The first-order valence-corrected chi connectivity index (χ1v) is 10.4. The molecule has 0 radical (unpaired) electrons. The van der Waals surface area contributed by atoms with Crippen molar-refractivity contribution in [1.29, 1.82) is 0 Å². The normalized spacial score (nSPS) is 30.1. The standard InChI is InChI=1S/C21H30BrNO3/c1-25-13-5-6-18-20(26-15-16-7-9-17(22)10-8-16)14-19(24)21(18)23-11-3-2-4-12-23/h5,7-10,13,18-21,24H,2-4,6,11-12,14-15H2,1H3/t18-,19+,20-,21+/m0/s1. The SMILES string of the molecule is COC=CC[C@@H]1[C@@H](N2CCCCC2)[C@H](O)C[C@@H]1OCc1ccc(Br)cc1. The van der Waals surface area contributed by atoms with Gasteiger partial charge in [-0.1, -0.05) is 34.5 Å². The molecule has 0 bridgehead atoms. The Morgan fingerprint density at radius 1 is 1.19 bits per heavy atom. The minimum atomic E-state index is -0.316. The number of benzene rings is 1. The summed E-state index contributed by atoms with van der Waals surface area (Å²) in [6.07, 6.45) is 8.91. The van der Waals surface area contributed by atoms with Crippen LogP contribution in [0.5, 0.6) is 0 Å².